The summed E-state index contributed by atoms with van der Waals surface area (Å²) in [5.74, 6) is 1.14. The van der Waals surface area contributed by atoms with Crippen LogP contribution in [0, 0.1) is 5.92 Å². The van der Waals surface area contributed by atoms with E-state index in [9.17, 15) is 8.42 Å². The Morgan fingerprint density at radius 3 is 2.74 bits per heavy atom. The molecular formula is C12H18ClN3O2S. The molecule has 1 heterocycles. The maximum Gasteiger partial charge on any atom is 0.242 e. The highest BCUT2D eigenvalue weighted by Crippen LogP contribution is 2.29. The molecule has 2 rings (SSSR count). The number of pyridine rings is 1. The predicted molar refractivity (Wildman–Crippen MR) is 75.9 cm³/mol. The topological polar surface area (TPSA) is 71.1 Å². The van der Waals surface area contributed by atoms with Crippen molar-refractivity contribution in [3.05, 3.63) is 17.3 Å². The van der Waals surface area contributed by atoms with Crippen molar-refractivity contribution >= 4 is 27.4 Å². The third-order valence-corrected chi connectivity index (χ3v) is 5.15. The van der Waals surface area contributed by atoms with Crippen molar-refractivity contribution in [2.45, 2.75) is 30.6 Å². The van der Waals surface area contributed by atoms with E-state index in [1.807, 2.05) is 0 Å². The third kappa shape index (κ3) is 3.58. The summed E-state index contributed by atoms with van der Waals surface area (Å²) in [7, 11) is -1.83. The zero-order valence-corrected chi connectivity index (χ0v) is 12.4. The Kier molecular flexibility index (Phi) is 4.65. The molecule has 1 aromatic heterocycles. The third-order valence-electron chi connectivity index (χ3n) is 3.43. The highest BCUT2D eigenvalue weighted by molar-refractivity contribution is 7.89. The quantitative estimate of drug-likeness (QED) is 0.845. The average molecular weight is 304 g/mol. The van der Waals surface area contributed by atoms with E-state index in [2.05, 4.69) is 15.0 Å². The van der Waals surface area contributed by atoms with Crippen molar-refractivity contribution in [3.8, 4) is 0 Å². The maximum atomic E-state index is 12.0. The molecule has 0 saturated heterocycles. The van der Waals surface area contributed by atoms with Gasteiger partial charge in [-0.3, -0.25) is 0 Å². The summed E-state index contributed by atoms with van der Waals surface area (Å²) in [6.45, 7) is 0.471. The first-order valence-electron chi connectivity index (χ1n) is 6.36. The van der Waals surface area contributed by atoms with E-state index in [1.54, 1.807) is 7.05 Å². The molecule has 0 unspecified atom stereocenters. The van der Waals surface area contributed by atoms with Crippen molar-refractivity contribution in [1.29, 1.82) is 0 Å². The first-order valence-corrected chi connectivity index (χ1v) is 8.22. The Hall–Kier alpha value is -0.850. The number of rotatable bonds is 6. The van der Waals surface area contributed by atoms with Gasteiger partial charge in [0.25, 0.3) is 0 Å². The van der Waals surface area contributed by atoms with Crippen molar-refractivity contribution < 1.29 is 8.42 Å². The molecule has 0 aliphatic heterocycles. The SMILES string of the molecule is CNc1ncc(S(=O)(=O)NCCC2CCC2)cc1Cl. The molecule has 0 spiro atoms. The zero-order valence-electron chi connectivity index (χ0n) is 10.8. The second kappa shape index (κ2) is 6.07. The predicted octanol–water partition coefficient (Wildman–Crippen LogP) is 2.25. The molecule has 1 aliphatic rings. The maximum absolute atomic E-state index is 12.0. The molecular weight excluding hydrogens is 286 g/mol. The highest BCUT2D eigenvalue weighted by atomic mass is 35.5. The largest absolute Gasteiger partial charge is 0.372 e. The van der Waals surface area contributed by atoms with Gasteiger partial charge in [-0.1, -0.05) is 30.9 Å². The van der Waals surface area contributed by atoms with Crippen LogP contribution in [-0.2, 0) is 10.0 Å². The summed E-state index contributed by atoms with van der Waals surface area (Å²) in [5, 5.41) is 3.08. The van der Waals surface area contributed by atoms with E-state index in [4.69, 9.17) is 11.6 Å². The zero-order chi connectivity index (χ0) is 13.9. The van der Waals surface area contributed by atoms with Gasteiger partial charge >= 0.3 is 0 Å². The number of halogens is 1. The van der Waals surface area contributed by atoms with E-state index in [0.717, 1.165) is 6.42 Å². The molecule has 0 atom stereocenters. The Labute approximate surface area is 118 Å². The lowest BCUT2D eigenvalue weighted by atomic mass is 9.83. The lowest BCUT2D eigenvalue weighted by Crippen LogP contribution is -2.27. The molecule has 5 nitrogen and oxygen atoms in total. The van der Waals surface area contributed by atoms with Crippen LogP contribution in [0.3, 0.4) is 0 Å². The average Bonchev–Trinajstić information content (AvgIpc) is 2.32. The number of aromatic nitrogens is 1. The van der Waals surface area contributed by atoms with Gasteiger partial charge in [-0.2, -0.15) is 0 Å². The Morgan fingerprint density at radius 2 is 2.21 bits per heavy atom. The van der Waals surface area contributed by atoms with Gasteiger partial charge in [0.15, 0.2) is 0 Å². The summed E-state index contributed by atoms with van der Waals surface area (Å²) in [4.78, 5) is 4.07. The van der Waals surface area contributed by atoms with Crippen LogP contribution in [0.4, 0.5) is 5.82 Å². The monoisotopic (exact) mass is 303 g/mol. The normalized spacial score (nSPS) is 16.1. The molecule has 1 aromatic rings. The lowest BCUT2D eigenvalue weighted by Gasteiger charge is -2.25. The second-order valence-electron chi connectivity index (χ2n) is 4.73. The van der Waals surface area contributed by atoms with Gasteiger partial charge < -0.3 is 5.32 Å². The molecule has 2 N–H and O–H groups in total. The molecule has 0 amide bonds. The highest BCUT2D eigenvalue weighted by Gasteiger charge is 2.20. The van der Waals surface area contributed by atoms with Gasteiger partial charge in [-0.15, -0.1) is 0 Å². The van der Waals surface area contributed by atoms with Crippen molar-refractivity contribution in [1.82, 2.24) is 9.71 Å². The number of sulfonamides is 1. The number of nitrogens with zero attached hydrogens (tertiary/aromatic N) is 1. The van der Waals surface area contributed by atoms with Crippen LogP contribution in [0.1, 0.15) is 25.7 Å². The fourth-order valence-electron chi connectivity index (χ4n) is 2.01. The number of nitrogens with one attached hydrogen (secondary N) is 2. The van der Waals surface area contributed by atoms with Gasteiger partial charge in [0.2, 0.25) is 10.0 Å². The van der Waals surface area contributed by atoms with Crippen LogP contribution in [0.15, 0.2) is 17.2 Å². The van der Waals surface area contributed by atoms with Gasteiger partial charge in [-0.05, 0) is 18.4 Å². The fraction of sp³-hybridized carbons (Fsp3) is 0.583. The molecule has 1 aliphatic carbocycles. The van der Waals surface area contributed by atoms with Crippen LogP contribution >= 0.6 is 11.6 Å². The summed E-state index contributed by atoms with van der Waals surface area (Å²) < 4.78 is 26.7. The van der Waals surface area contributed by atoms with Gasteiger partial charge in [-0.25, -0.2) is 18.1 Å². The number of anilines is 1. The van der Waals surface area contributed by atoms with E-state index in [0.29, 0.717) is 23.3 Å². The molecule has 0 aromatic carbocycles. The first kappa shape index (κ1) is 14.6. The molecule has 7 heteroatoms. The van der Waals surface area contributed by atoms with Gasteiger partial charge in [0, 0.05) is 19.8 Å². The second-order valence-corrected chi connectivity index (χ2v) is 6.91. The smallest absolute Gasteiger partial charge is 0.242 e. The molecule has 0 radical (unpaired) electrons. The van der Waals surface area contributed by atoms with E-state index < -0.39 is 10.0 Å². The summed E-state index contributed by atoms with van der Waals surface area (Å²) >= 11 is 5.93. The minimum absolute atomic E-state index is 0.102. The fourth-order valence-corrected chi connectivity index (χ4v) is 3.36. The molecule has 1 saturated carbocycles. The number of hydrogen-bond donors (Lipinski definition) is 2. The minimum Gasteiger partial charge on any atom is -0.372 e. The van der Waals surface area contributed by atoms with Crippen molar-refractivity contribution in [2.24, 2.45) is 5.92 Å². The standard InChI is InChI=1S/C12H18ClN3O2S/c1-14-12-11(13)7-10(8-15-12)19(17,18)16-6-5-9-3-2-4-9/h7-9,16H,2-6H2,1H3,(H,14,15). The van der Waals surface area contributed by atoms with Crippen molar-refractivity contribution in [2.75, 3.05) is 18.9 Å². The molecule has 106 valence electrons. The molecule has 19 heavy (non-hydrogen) atoms. The van der Waals surface area contributed by atoms with Crippen LogP contribution in [0.25, 0.3) is 0 Å². The van der Waals surface area contributed by atoms with Crippen LogP contribution < -0.4 is 10.0 Å². The minimum atomic E-state index is -3.51. The molecule has 1 fully saturated rings. The van der Waals surface area contributed by atoms with Crippen LogP contribution in [-0.4, -0.2) is 27.0 Å². The van der Waals surface area contributed by atoms with E-state index in [1.165, 1.54) is 31.5 Å². The Bertz CT molecular complexity index is 544. The summed E-state index contributed by atoms with van der Waals surface area (Å²) in [6.07, 6.45) is 5.90. The van der Waals surface area contributed by atoms with Crippen LogP contribution in [0.5, 0.6) is 0 Å². The van der Waals surface area contributed by atoms with Crippen molar-refractivity contribution in [3.63, 3.8) is 0 Å². The lowest BCUT2D eigenvalue weighted by molar-refractivity contribution is 0.297. The van der Waals surface area contributed by atoms with E-state index in [-0.39, 0.29) is 4.90 Å². The van der Waals surface area contributed by atoms with Gasteiger partial charge in [0.1, 0.15) is 10.7 Å². The number of hydrogen-bond acceptors (Lipinski definition) is 4. The van der Waals surface area contributed by atoms with Gasteiger partial charge in [0.05, 0.1) is 5.02 Å². The Balaban J connectivity index is 1.99. The van der Waals surface area contributed by atoms with E-state index >= 15 is 0 Å². The summed E-state index contributed by atoms with van der Waals surface area (Å²) in [5.41, 5.74) is 0. The van der Waals surface area contributed by atoms with Crippen LogP contribution in [0.2, 0.25) is 5.02 Å². The molecule has 0 bridgehead atoms. The summed E-state index contributed by atoms with van der Waals surface area (Å²) in [6, 6.07) is 1.41. The first-order chi connectivity index (χ1) is 9.03. The Morgan fingerprint density at radius 1 is 1.47 bits per heavy atom.